The van der Waals surface area contributed by atoms with Crippen LogP contribution in [0, 0.1) is 0 Å². The Bertz CT molecular complexity index is 524. The van der Waals surface area contributed by atoms with Crippen LogP contribution in [0.25, 0.3) is 0 Å². The molecular weight excluding hydrogens is 266 g/mol. The number of nitrogens with zero attached hydrogens (tertiary/aromatic N) is 1. The smallest absolute Gasteiger partial charge is 0.250 e. The van der Waals surface area contributed by atoms with Gasteiger partial charge in [0.1, 0.15) is 5.54 Å². The zero-order chi connectivity index (χ0) is 14.9. The summed E-state index contributed by atoms with van der Waals surface area (Å²) >= 11 is 0. The van der Waals surface area contributed by atoms with Crippen molar-refractivity contribution in [3.05, 3.63) is 24.3 Å². The topological polar surface area (TPSA) is 53.6 Å². The highest BCUT2D eigenvalue weighted by Crippen LogP contribution is 2.36. The average Bonchev–Trinajstić information content (AvgIpc) is 2.49. The van der Waals surface area contributed by atoms with Gasteiger partial charge in [0.15, 0.2) is 0 Å². The summed E-state index contributed by atoms with van der Waals surface area (Å²) < 4.78 is 5.22. The van der Waals surface area contributed by atoms with Crippen molar-refractivity contribution in [1.82, 2.24) is 4.90 Å². The van der Waals surface area contributed by atoms with Crippen LogP contribution in [-0.4, -0.2) is 49.2 Å². The van der Waals surface area contributed by atoms with Crippen LogP contribution in [-0.2, 0) is 9.53 Å². The second-order valence-electron chi connectivity index (χ2n) is 6.05. The van der Waals surface area contributed by atoms with Crippen LogP contribution < -0.4 is 10.6 Å². The molecule has 2 aliphatic rings. The fraction of sp³-hybridized carbons (Fsp3) is 0.562. The Morgan fingerprint density at radius 3 is 2.62 bits per heavy atom. The quantitative estimate of drug-likeness (QED) is 0.892. The predicted octanol–water partition coefficient (Wildman–Crippen LogP) is 1.92. The van der Waals surface area contributed by atoms with E-state index < -0.39 is 5.54 Å². The van der Waals surface area contributed by atoms with E-state index in [0.29, 0.717) is 6.04 Å². The summed E-state index contributed by atoms with van der Waals surface area (Å²) in [7, 11) is 1.73. The van der Waals surface area contributed by atoms with Crippen molar-refractivity contribution in [1.29, 1.82) is 0 Å². The average molecular weight is 289 g/mol. The molecular formula is C16H23N3O2. The van der Waals surface area contributed by atoms with Crippen molar-refractivity contribution in [3.8, 4) is 0 Å². The van der Waals surface area contributed by atoms with Gasteiger partial charge >= 0.3 is 0 Å². The van der Waals surface area contributed by atoms with Gasteiger partial charge in [-0.2, -0.15) is 0 Å². The minimum atomic E-state index is -0.461. The van der Waals surface area contributed by atoms with Gasteiger partial charge in [0.05, 0.1) is 18.0 Å². The molecule has 5 nitrogen and oxygen atoms in total. The summed E-state index contributed by atoms with van der Waals surface area (Å²) in [6.07, 6.45) is 1.64. The lowest BCUT2D eigenvalue weighted by atomic mass is 9.84. The highest BCUT2D eigenvalue weighted by Gasteiger charge is 2.44. The van der Waals surface area contributed by atoms with Crippen LogP contribution >= 0.6 is 0 Å². The van der Waals surface area contributed by atoms with E-state index in [1.165, 1.54) is 0 Å². The van der Waals surface area contributed by atoms with Crippen LogP contribution in [0.1, 0.15) is 19.8 Å². The van der Waals surface area contributed by atoms with Gasteiger partial charge in [0.25, 0.3) is 0 Å². The third-order valence-corrected chi connectivity index (χ3v) is 4.67. The summed E-state index contributed by atoms with van der Waals surface area (Å²) in [5.74, 6) is 0.0974. The van der Waals surface area contributed by atoms with Gasteiger partial charge in [0, 0.05) is 26.2 Å². The lowest BCUT2D eigenvalue weighted by Crippen LogP contribution is -2.59. The first-order valence-corrected chi connectivity index (χ1v) is 7.56. The number of amides is 1. The van der Waals surface area contributed by atoms with Gasteiger partial charge in [-0.05, 0) is 31.9 Å². The highest BCUT2D eigenvalue weighted by molar-refractivity contribution is 6.06. The first kappa shape index (κ1) is 14.4. The van der Waals surface area contributed by atoms with Crippen molar-refractivity contribution in [2.24, 2.45) is 0 Å². The number of nitrogens with one attached hydrogen (secondary N) is 2. The number of rotatable bonds is 3. The number of hydrogen-bond acceptors (Lipinski definition) is 4. The maximum absolute atomic E-state index is 12.5. The van der Waals surface area contributed by atoms with Crippen LogP contribution in [0.2, 0.25) is 0 Å². The monoisotopic (exact) mass is 289 g/mol. The van der Waals surface area contributed by atoms with E-state index in [-0.39, 0.29) is 5.91 Å². The lowest BCUT2D eigenvalue weighted by molar-refractivity contribution is -0.122. The predicted molar refractivity (Wildman–Crippen MR) is 83.6 cm³/mol. The molecule has 2 aliphatic heterocycles. The molecule has 0 aliphatic carbocycles. The molecule has 0 saturated carbocycles. The zero-order valence-corrected chi connectivity index (χ0v) is 12.7. The Labute approximate surface area is 125 Å². The van der Waals surface area contributed by atoms with Crippen LogP contribution in [0.4, 0.5) is 11.4 Å². The van der Waals surface area contributed by atoms with Crippen molar-refractivity contribution in [3.63, 3.8) is 0 Å². The number of piperidine rings is 1. The summed E-state index contributed by atoms with van der Waals surface area (Å²) in [6.45, 7) is 4.72. The van der Waals surface area contributed by atoms with Gasteiger partial charge in [-0.1, -0.05) is 12.1 Å². The molecule has 3 rings (SSSR count). The molecule has 1 unspecified atom stereocenters. The number of fused-ring (bicyclic) bond motifs is 1. The van der Waals surface area contributed by atoms with E-state index in [1.807, 2.05) is 24.3 Å². The van der Waals surface area contributed by atoms with Crippen molar-refractivity contribution in [2.45, 2.75) is 31.3 Å². The minimum absolute atomic E-state index is 0.0974. The van der Waals surface area contributed by atoms with E-state index in [1.54, 1.807) is 7.11 Å². The molecule has 2 heterocycles. The zero-order valence-electron chi connectivity index (χ0n) is 12.7. The first-order chi connectivity index (χ1) is 10.1. The Hall–Kier alpha value is -1.59. The molecule has 114 valence electrons. The number of para-hydroxylation sites is 2. The molecule has 0 bridgehead atoms. The van der Waals surface area contributed by atoms with Crippen LogP contribution in [0.15, 0.2) is 24.3 Å². The Morgan fingerprint density at radius 1 is 1.29 bits per heavy atom. The SMILES string of the molecule is COCC(C)N1CCC2(CC1)Nc1ccccc1NC2=O. The number of anilines is 2. The molecule has 1 aromatic carbocycles. The first-order valence-electron chi connectivity index (χ1n) is 7.56. The molecule has 1 fully saturated rings. The number of methoxy groups -OCH3 is 1. The van der Waals surface area contributed by atoms with Gasteiger partial charge in [-0.25, -0.2) is 0 Å². The van der Waals surface area contributed by atoms with Gasteiger partial charge in [-0.15, -0.1) is 0 Å². The fourth-order valence-corrected chi connectivity index (χ4v) is 3.30. The third kappa shape index (κ3) is 2.63. The van der Waals surface area contributed by atoms with Crippen LogP contribution in [0.5, 0.6) is 0 Å². The molecule has 0 aromatic heterocycles. The lowest BCUT2D eigenvalue weighted by Gasteiger charge is -2.45. The van der Waals surface area contributed by atoms with E-state index in [9.17, 15) is 4.79 Å². The van der Waals surface area contributed by atoms with Crippen molar-refractivity contribution in [2.75, 3.05) is 37.4 Å². The summed E-state index contributed by atoms with van der Waals surface area (Å²) in [4.78, 5) is 14.9. The van der Waals surface area contributed by atoms with Crippen molar-refractivity contribution < 1.29 is 9.53 Å². The standard InChI is InChI=1S/C16H23N3O2/c1-12(11-21-2)19-9-7-16(8-10-19)15(20)17-13-5-3-4-6-14(13)18-16/h3-6,12,18H,7-11H2,1-2H3,(H,17,20). The minimum Gasteiger partial charge on any atom is -0.383 e. The van der Waals surface area contributed by atoms with Gasteiger partial charge in [0.2, 0.25) is 5.91 Å². The molecule has 1 spiro atoms. The van der Waals surface area contributed by atoms with E-state index in [0.717, 1.165) is 43.9 Å². The summed E-state index contributed by atoms with van der Waals surface area (Å²) in [6, 6.07) is 8.28. The molecule has 0 radical (unpaired) electrons. The number of carbonyl (C=O) groups is 1. The molecule has 5 heteroatoms. The molecule has 2 N–H and O–H groups in total. The van der Waals surface area contributed by atoms with E-state index >= 15 is 0 Å². The van der Waals surface area contributed by atoms with Gasteiger partial charge in [-0.3, -0.25) is 9.69 Å². The Morgan fingerprint density at radius 2 is 1.95 bits per heavy atom. The Kier molecular flexibility index (Phi) is 3.87. The van der Waals surface area contributed by atoms with Crippen molar-refractivity contribution >= 4 is 17.3 Å². The number of ether oxygens (including phenoxy) is 1. The molecule has 21 heavy (non-hydrogen) atoms. The maximum atomic E-state index is 12.5. The van der Waals surface area contributed by atoms with E-state index in [4.69, 9.17) is 4.74 Å². The third-order valence-electron chi connectivity index (χ3n) is 4.67. The second-order valence-corrected chi connectivity index (χ2v) is 6.05. The summed E-state index contributed by atoms with van der Waals surface area (Å²) in [5, 5.41) is 6.53. The number of hydrogen-bond donors (Lipinski definition) is 2. The number of benzene rings is 1. The van der Waals surface area contributed by atoms with Crippen LogP contribution in [0.3, 0.4) is 0 Å². The summed E-state index contributed by atoms with van der Waals surface area (Å²) in [5.41, 5.74) is 1.44. The maximum Gasteiger partial charge on any atom is 0.250 e. The molecule has 1 aromatic rings. The number of likely N-dealkylation sites (tertiary alicyclic amines) is 1. The second kappa shape index (κ2) is 5.66. The van der Waals surface area contributed by atoms with Gasteiger partial charge < -0.3 is 15.4 Å². The Balaban J connectivity index is 1.72. The number of carbonyl (C=O) groups excluding carboxylic acids is 1. The van der Waals surface area contributed by atoms with E-state index in [2.05, 4.69) is 22.5 Å². The molecule has 1 atom stereocenters. The molecule has 1 amide bonds. The largest absolute Gasteiger partial charge is 0.383 e. The fourth-order valence-electron chi connectivity index (χ4n) is 3.30. The normalized spacial score (nSPS) is 22.3. The molecule has 1 saturated heterocycles. The highest BCUT2D eigenvalue weighted by atomic mass is 16.5.